The van der Waals surface area contributed by atoms with Crippen molar-refractivity contribution in [1.29, 1.82) is 0 Å². The molecule has 43 heavy (non-hydrogen) atoms. The van der Waals surface area contributed by atoms with Crippen molar-refractivity contribution in [1.82, 2.24) is 24.4 Å². The minimum atomic E-state index is -0.177. The number of amides is 1. The molecule has 0 aliphatic carbocycles. The number of likely N-dealkylation sites (tertiary alicyclic amines) is 1. The Morgan fingerprint density at radius 1 is 1.07 bits per heavy atom. The Bertz CT molecular complexity index is 1610. The van der Waals surface area contributed by atoms with E-state index in [9.17, 15) is 4.79 Å². The summed E-state index contributed by atoms with van der Waals surface area (Å²) >= 11 is 6.14. The van der Waals surface area contributed by atoms with E-state index in [1.165, 1.54) is 5.56 Å². The third-order valence-corrected chi connectivity index (χ3v) is 9.44. The lowest BCUT2D eigenvalue weighted by Gasteiger charge is -2.40. The average molecular weight is 597 g/mol. The van der Waals surface area contributed by atoms with Crippen molar-refractivity contribution in [3.8, 4) is 0 Å². The molecule has 2 fully saturated rings. The van der Waals surface area contributed by atoms with Gasteiger partial charge in [0.1, 0.15) is 0 Å². The first kappa shape index (κ1) is 29.0. The zero-order valence-electron chi connectivity index (χ0n) is 24.7. The molecule has 0 atom stereocenters. The van der Waals surface area contributed by atoms with Gasteiger partial charge in [-0.25, -0.2) is 11.1 Å². The van der Waals surface area contributed by atoms with Gasteiger partial charge < -0.3 is 24.9 Å². The molecule has 1 amide bonds. The number of rotatable bonds is 7. The van der Waals surface area contributed by atoms with Crippen LogP contribution in [0, 0.1) is 6.57 Å². The van der Waals surface area contributed by atoms with Crippen molar-refractivity contribution < 1.29 is 4.79 Å². The third kappa shape index (κ3) is 6.03. The summed E-state index contributed by atoms with van der Waals surface area (Å²) in [7, 11) is 4.04. The lowest BCUT2D eigenvalue weighted by atomic mass is 9.72. The fourth-order valence-electron chi connectivity index (χ4n) is 6.44. The zero-order valence-corrected chi connectivity index (χ0v) is 25.5. The van der Waals surface area contributed by atoms with E-state index in [-0.39, 0.29) is 17.4 Å². The first-order valence-electron chi connectivity index (χ1n) is 14.9. The Kier molecular flexibility index (Phi) is 8.24. The summed E-state index contributed by atoms with van der Waals surface area (Å²) in [6, 6.07) is 19.8. The van der Waals surface area contributed by atoms with E-state index in [1.54, 1.807) is 4.52 Å². The highest BCUT2D eigenvalue weighted by atomic mass is 35.5. The zero-order chi connectivity index (χ0) is 30.0. The second kappa shape index (κ2) is 12.2. The maximum absolute atomic E-state index is 13.1. The number of halogens is 1. The number of carbonyl (C=O) groups is 1. The summed E-state index contributed by atoms with van der Waals surface area (Å²) in [6.45, 7) is 11.7. The molecule has 2 aliphatic heterocycles. The van der Waals surface area contributed by atoms with Crippen LogP contribution in [0.1, 0.15) is 41.6 Å². The maximum Gasteiger partial charge on any atom is 0.253 e. The summed E-state index contributed by atoms with van der Waals surface area (Å²) < 4.78 is 1.80. The van der Waals surface area contributed by atoms with Crippen LogP contribution in [-0.4, -0.2) is 83.2 Å². The van der Waals surface area contributed by atoms with Gasteiger partial charge >= 0.3 is 0 Å². The molecule has 0 bridgehead atoms. The molecule has 222 valence electrons. The summed E-state index contributed by atoms with van der Waals surface area (Å²) in [5, 5.41) is 8.68. The molecule has 0 spiro atoms. The first-order chi connectivity index (χ1) is 20.8. The van der Waals surface area contributed by atoms with Crippen LogP contribution in [-0.2, 0) is 5.41 Å². The van der Waals surface area contributed by atoms with Gasteiger partial charge in [-0.1, -0.05) is 23.7 Å². The van der Waals surface area contributed by atoms with Gasteiger partial charge in [0.2, 0.25) is 12.5 Å². The third-order valence-electron chi connectivity index (χ3n) is 9.19. The SMILES string of the molecule is [C-]#[N+]CC1(c2ccc(Cl)cc2)CCN(c2cccn3nc(Nc4ccc(C(=O)N(C)C5CCN(C)CC5)cc4)nc23)CC1. The van der Waals surface area contributed by atoms with Gasteiger partial charge in [0, 0.05) is 48.6 Å². The molecule has 2 saturated heterocycles. The van der Waals surface area contributed by atoms with Crippen LogP contribution in [0.2, 0.25) is 5.02 Å². The molecule has 0 radical (unpaired) electrons. The number of pyridine rings is 1. The van der Waals surface area contributed by atoms with Gasteiger partial charge in [-0.3, -0.25) is 4.79 Å². The lowest BCUT2D eigenvalue weighted by molar-refractivity contribution is 0.0659. The molecule has 6 rings (SSSR count). The van der Waals surface area contributed by atoms with Gasteiger partial charge in [0.05, 0.1) is 11.1 Å². The second-order valence-electron chi connectivity index (χ2n) is 11.8. The van der Waals surface area contributed by atoms with E-state index in [4.69, 9.17) is 23.2 Å². The Labute approximate surface area is 257 Å². The van der Waals surface area contributed by atoms with Crippen molar-refractivity contribution in [2.24, 2.45) is 0 Å². The van der Waals surface area contributed by atoms with Gasteiger partial charge in [-0.2, -0.15) is 4.98 Å². The monoisotopic (exact) mass is 596 g/mol. The number of piperidine rings is 2. The molecule has 1 N–H and O–H groups in total. The number of aromatic nitrogens is 3. The van der Waals surface area contributed by atoms with Gasteiger partial charge in [-0.05, 0) is 99.9 Å². The molecule has 2 aromatic carbocycles. The molecule has 0 saturated carbocycles. The minimum Gasteiger partial charge on any atom is -0.368 e. The van der Waals surface area contributed by atoms with Crippen LogP contribution in [0.25, 0.3) is 10.5 Å². The molecule has 0 unspecified atom stereocenters. The van der Waals surface area contributed by atoms with Crippen LogP contribution < -0.4 is 10.2 Å². The summed E-state index contributed by atoms with van der Waals surface area (Å²) in [6.07, 6.45) is 5.65. The van der Waals surface area contributed by atoms with Gasteiger partial charge in [-0.15, -0.1) is 5.10 Å². The first-order valence-corrected chi connectivity index (χ1v) is 15.3. The number of fused-ring (bicyclic) bond motifs is 1. The summed E-state index contributed by atoms with van der Waals surface area (Å²) in [4.78, 5) is 28.3. The largest absolute Gasteiger partial charge is 0.368 e. The van der Waals surface area contributed by atoms with E-state index in [1.807, 2.05) is 60.6 Å². The van der Waals surface area contributed by atoms with Crippen LogP contribution >= 0.6 is 11.6 Å². The van der Waals surface area contributed by atoms with Crippen molar-refractivity contribution in [3.05, 3.63) is 94.4 Å². The highest BCUT2D eigenvalue weighted by molar-refractivity contribution is 6.30. The maximum atomic E-state index is 13.1. The van der Waals surface area contributed by atoms with Crippen LogP contribution in [0.3, 0.4) is 0 Å². The average Bonchev–Trinajstić information content (AvgIpc) is 3.45. The highest BCUT2D eigenvalue weighted by Crippen LogP contribution is 2.38. The number of benzene rings is 2. The summed E-state index contributed by atoms with van der Waals surface area (Å²) in [5.74, 6) is 0.546. The smallest absolute Gasteiger partial charge is 0.253 e. The van der Waals surface area contributed by atoms with E-state index in [2.05, 4.69) is 50.3 Å². The molecular formula is C33H37ClN8O. The van der Waals surface area contributed by atoms with Crippen LogP contribution in [0.4, 0.5) is 17.3 Å². The number of hydrogen-bond acceptors (Lipinski definition) is 6. The molecular weight excluding hydrogens is 560 g/mol. The van der Waals surface area contributed by atoms with E-state index < -0.39 is 0 Å². The molecule has 4 heterocycles. The predicted molar refractivity (Wildman–Crippen MR) is 171 cm³/mol. The second-order valence-corrected chi connectivity index (χ2v) is 12.3. The van der Waals surface area contributed by atoms with Crippen LogP contribution in [0.5, 0.6) is 0 Å². The van der Waals surface area contributed by atoms with Gasteiger partial charge in [0.15, 0.2) is 5.65 Å². The number of anilines is 3. The normalized spacial score (nSPS) is 17.5. The molecule has 4 aromatic rings. The quantitative estimate of drug-likeness (QED) is 0.274. The van der Waals surface area contributed by atoms with Crippen LogP contribution in [0.15, 0.2) is 66.9 Å². The predicted octanol–water partition coefficient (Wildman–Crippen LogP) is 5.75. The Hall–Kier alpha value is -4.13. The summed E-state index contributed by atoms with van der Waals surface area (Å²) in [5.41, 5.74) is 4.30. The molecule has 2 aliphatic rings. The van der Waals surface area contributed by atoms with E-state index in [0.29, 0.717) is 23.1 Å². The van der Waals surface area contributed by atoms with Gasteiger partial charge in [0.25, 0.3) is 5.91 Å². The molecule has 10 heteroatoms. The topological polar surface area (TPSA) is 73.4 Å². The standard InChI is InChI=1S/C33H37ClN8O/c1-35-23-33(25-8-10-26(34)11-9-25)16-21-41(22-17-33)29-5-4-18-42-30(29)37-32(38-42)36-27-12-6-24(7-13-27)31(43)40(3)28-14-19-39(2)20-15-28/h4-13,18,28H,14-17,19-23H2,2-3H3,(H,36,38). The fourth-order valence-corrected chi connectivity index (χ4v) is 6.56. The Balaban J connectivity index is 1.14. The molecule has 9 nitrogen and oxygen atoms in total. The number of nitrogens with zero attached hydrogens (tertiary/aromatic N) is 7. The van der Waals surface area contributed by atoms with E-state index in [0.717, 1.165) is 68.9 Å². The Morgan fingerprint density at radius 2 is 1.77 bits per heavy atom. The lowest BCUT2D eigenvalue weighted by Crippen LogP contribution is -2.44. The minimum absolute atomic E-state index is 0.0506. The molecule has 2 aromatic heterocycles. The number of carbonyl (C=O) groups excluding carboxylic acids is 1. The van der Waals surface area contributed by atoms with Crippen molar-refractivity contribution >= 4 is 40.5 Å². The van der Waals surface area contributed by atoms with Crippen molar-refractivity contribution in [3.63, 3.8) is 0 Å². The fraction of sp³-hybridized carbons (Fsp3) is 0.394. The Morgan fingerprint density at radius 3 is 2.44 bits per heavy atom. The van der Waals surface area contributed by atoms with E-state index >= 15 is 0 Å². The number of hydrogen-bond donors (Lipinski definition) is 1. The number of nitrogens with one attached hydrogen (secondary N) is 1. The van der Waals surface area contributed by atoms with Crippen molar-refractivity contribution in [2.45, 2.75) is 37.1 Å². The highest BCUT2D eigenvalue weighted by Gasteiger charge is 2.39. The van der Waals surface area contributed by atoms with Crippen molar-refractivity contribution in [2.75, 3.05) is 57.0 Å².